The Morgan fingerprint density at radius 3 is 3.19 bits per heavy atom. The van der Waals surface area contributed by atoms with E-state index in [1.807, 2.05) is 13.0 Å². The highest BCUT2D eigenvalue weighted by atomic mass is 32.2. The Morgan fingerprint density at radius 2 is 2.33 bits per heavy atom. The van der Waals surface area contributed by atoms with Crippen molar-refractivity contribution >= 4 is 28.5 Å². The van der Waals surface area contributed by atoms with Crippen molar-refractivity contribution in [3.63, 3.8) is 0 Å². The highest BCUT2D eigenvalue weighted by Gasteiger charge is 2.48. The highest BCUT2D eigenvalue weighted by molar-refractivity contribution is 8.13. The van der Waals surface area contributed by atoms with Crippen molar-refractivity contribution in [3.8, 4) is 0 Å². The molecule has 3 heterocycles. The fourth-order valence-corrected chi connectivity index (χ4v) is 3.85. The molecule has 0 fully saturated rings. The van der Waals surface area contributed by atoms with E-state index < -0.39 is 0 Å². The zero-order valence-corrected chi connectivity index (χ0v) is 12.5. The first-order chi connectivity index (χ1) is 10.3. The first-order valence-electron chi connectivity index (χ1n) is 7.08. The van der Waals surface area contributed by atoms with E-state index in [2.05, 4.69) is 51.0 Å². The summed E-state index contributed by atoms with van der Waals surface area (Å²) < 4.78 is 2.11. The molecule has 0 aromatic carbocycles. The number of anilines is 1. The predicted octanol–water partition coefficient (Wildman–Crippen LogP) is 3.35. The van der Waals surface area contributed by atoms with Crippen LogP contribution in [-0.4, -0.2) is 20.2 Å². The molecule has 2 aliphatic heterocycles. The summed E-state index contributed by atoms with van der Waals surface area (Å²) >= 11 is 1.28. The molecule has 1 unspecified atom stereocenters. The van der Waals surface area contributed by atoms with Crippen molar-refractivity contribution < 1.29 is 4.79 Å². The molecule has 1 aromatic rings. The highest BCUT2D eigenvalue weighted by Crippen LogP contribution is 2.49. The van der Waals surface area contributed by atoms with Crippen LogP contribution in [0.15, 0.2) is 53.9 Å². The summed E-state index contributed by atoms with van der Waals surface area (Å²) in [4.78, 5) is 18.5. The molecule has 4 nitrogen and oxygen atoms in total. The molecule has 3 aliphatic rings. The normalized spacial score (nSPS) is 24.6. The van der Waals surface area contributed by atoms with Crippen LogP contribution < -0.4 is 4.90 Å². The Labute approximate surface area is 127 Å². The van der Waals surface area contributed by atoms with Gasteiger partial charge in [0.05, 0.1) is 11.9 Å². The molecule has 0 N–H and O–H groups in total. The number of carbonyl (C=O) groups is 1. The maximum Gasteiger partial charge on any atom is 0.216 e. The van der Waals surface area contributed by atoms with Crippen molar-refractivity contribution in [1.82, 2.24) is 9.55 Å². The van der Waals surface area contributed by atoms with Gasteiger partial charge in [-0.15, -0.1) is 0 Å². The van der Waals surface area contributed by atoms with E-state index in [4.69, 9.17) is 0 Å². The van der Waals surface area contributed by atoms with Crippen LogP contribution >= 0.6 is 11.8 Å². The van der Waals surface area contributed by atoms with Crippen molar-refractivity contribution in [3.05, 3.63) is 48.9 Å². The van der Waals surface area contributed by atoms with Crippen LogP contribution in [0.2, 0.25) is 0 Å². The molecular formula is C16H15N3OS. The SMILES string of the molecule is CCC(=O)Sc1cnc2n1C1=CC=CCC13C=CC=CN23. The molecule has 0 radical (unpaired) electrons. The van der Waals surface area contributed by atoms with E-state index in [1.165, 1.54) is 17.5 Å². The Morgan fingerprint density at radius 1 is 1.43 bits per heavy atom. The lowest BCUT2D eigenvalue weighted by Crippen LogP contribution is -2.43. The molecule has 1 aliphatic carbocycles. The van der Waals surface area contributed by atoms with Crippen LogP contribution in [0.25, 0.3) is 5.70 Å². The number of imidazole rings is 1. The second-order valence-corrected chi connectivity index (χ2v) is 6.32. The second-order valence-electron chi connectivity index (χ2n) is 5.24. The van der Waals surface area contributed by atoms with Crippen LogP contribution in [0, 0.1) is 0 Å². The maximum absolute atomic E-state index is 11.8. The summed E-state index contributed by atoms with van der Waals surface area (Å²) in [6.07, 6.45) is 18.0. The molecule has 1 spiro atoms. The minimum atomic E-state index is -0.183. The number of hydrogen-bond acceptors (Lipinski definition) is 4. The molecule has 21 heavy (non-hydrogen) atoms. The Kier molecular flexibility index (Phi) is 2.72. The molecule has 5 heteroatoms. The second kappa shape index (κ2) is 4.49. The number of aromatic nitrogens is 2. The van der Waals surface area contributed by atoms with Crippen LogP contribution in [-0.2, 0) is 4.79 Å². The van der Waals surface area contributed by atoms with E-state index in [-0.39, 0.29) is 10.7 Å². The van der Waals surface area contributed by atoms with Crippen LogP contribution in [0.3, 0.4) is 0 Å². The van der Waals surface area contributed by atoms with Crippen molar-refractivity contribution in [2.45, 2.75) is 30.3 Å². The molecule has 106 valence electrons. The first kappa shape index (κ1) is 12.7. The van der Waals surface area contributed by atoms with Gasteiger partial charge in [-0.05, 0) is 30.3 Å². The van der Waals surface area contributed by atoms with Crippen LogP contribution in [0.1, 0.15) is 19.8 Å². The quantitative estimate of drug-likeness (QED) is 0.785. The van der Waals surface area contributed by atoms with E-state index in [0.717, 1.165) is 17.4 Å². The van der Waals surface area contributed by atoms with Gasteiger partial charge in [0.2, 0.25) is 5.95 Å². The Hall–Kier alpha value is -2.01. The third kappa shape index (κ3) is 1.64. The Balaban J connectivity index is 1.88. The van der Waals surface area contributed by atoms with Gasteiger partial charge in [-0.2, -0.15) is 0 Å². The standard InChI is InChI=1S/C16H15N3OS/c1-2-14(20)21-13-11-17-15-18-10-6-5-9-16(18)8-4-3-7-12(16)19(13)15/h3-7,9-11H,2,8H2,1H3. The van der Waals surface area contributed by atoms with E-state index in [9.17, 15) is 4.79 Å². The zero-order valence-electron chi connectivity index (χ0n) is 11.7. The van der Waals surface area contributed by atoms with Crippen molar-refractivity contribution in [2.75, 3.05) is 4.90 Å². The number of allylic oxidation sites excluding steroid dienone is 4. The number of thioether (sulfide) groups is 1. The minimum absolute atomic E-state index is 0.162. The molecule has 0 bridgehead atoms. The molecule has 1 atom stereocenters. The smallest absolute Gasteiger partial charge is 0.216 e. The number of rotatable bonds is 2. The number of nitrogens with zero attached hydrogens (tertiary/aromatic N) is 3. The average Bonchev–Trinajstić information content (AvgIpc) is 3.03. The van der Waals surface area contributed by atoms with Crippen LogP contribution in [0.5, 0.6) is 0 Å². The molecule has 0 saturated carbocycles. The summed E-state index contributed by atoms with van der Waals surface area (Å²) in [7, 11) is 0. The van der Waals surface area contributed by atoms with Gasteiger partial charge >= 0.3 is 0 Å². The number of fused-ring (bicyclic) bond motifs is 3. The van der Waals surface area contributed by atoms with E-state index in [1.54, 1.807) is 6.20 Å². The van der Waals surface area contributed by atoms with Gasteiger partial charge in [-0.25, -0.2) is 4.98 Å². The molecular weight excluding hydrogens is 282 g/mol. The van der Waals surface area contributed by atoms with Gasteiger partial charge in [0, 0.05) is 12.6 Å². The zero-order chi connectivity index (χ0) is 14.4. The maximum atomic E-state index is 11.8. The van der Waals surface area contributed by atoms with Gasteiger partial charge < -0.3 is 4.90 Å². The topological polar surface area (TPSA) is 38.1 Å². The molecule has 1 aromatic heterocycles. The van der Waals surface area contributed by atoms with E-state index in [0.29, 0.717) is 6.42 Å². The summed E-state index contributed by atoms with van der Waals surface area (Å²) in [5.74, 6) is 0.886. The van der Waals surface area contributed by atoms with Gasteiger partial charge in [-0.1, -0.05) is 31.2 Å². The summed E-state index contributed by atoms with van der Waals surface area (Å²) in [6.45, 7) is 1.88. The van der Waals surface area contributed by atoms with Gasteiger partial charge in [0.15, 0.2) is 5.12 Å². The van der Waals surface area contributed by atoms with Gasteiger partial charge in [0.1, 0.15) is 10.6 Å². The fraction of sp³-hybridized carbons (Fsp3) is 0.250. The third-order valence-corrected chi connectivity index (χ3v) is 5.10. The number of carbonyl (C=O) groups excluding carboxylic acids is 1. The summed E-state index contributed by atoms with van der Waals surface area (Å²) in [5.41, 5.74) is 0.988. The fourth-order valence-electron chi connectivity index (χ4n) is 3.09. The first-order valence-corrected chi connectivity index (χ1v) is 7.89. The lowest BCUT2D eigenvalue weighted by Gasteiger charge is -2.37. The lowest BCUT2D eigenvalue weighted by atomic mass is 9.85. The lowest BCUT2D eigenvalue weighted by molar-refractivity contribution is -0.110. The summed E-state index contributed by atoms with van der Waals surface area (Å²) in [5, 5.41) is 1.06. The molecule has 0 amide bonds. The monoisotopic (exact) mass is 297 g/mol. The third-order valence-electron chi connectivity index (χ3n) is 4.09. The average molecular weight is 297 g/mol. The molecule has 4 rings (SSSR count). The Bertz CT molecular complexity index is 741. The van der Waals surface area contributed by atoms with E-state index >= 15 is 0 Å². The van der Waals surface area contributed by atoms with Gasteiger partial charge in [0.25, 0.3) is 0 Å². The van der Waals surface area contributed by atoms with Crippen molar-refractivity contribution in [1.29, 1.82) is 0 Å². The predicted molar refractivity (Wildman–Crippen MR) is 84.9 cm³/mol. The number of hydrogen-bond donors (Lipinski definition) is 0. The minimum Gasteiger partial charge on any atom is -0.303 e. The largest absolute Gasteiger partial charge is 0.303 e. The summed E-state index contributed by atoms with van der Waals surface area (Å²) in [6, 6.07) is 0. The van der Waals surface area contributed by atoms with Crippen molar-refractivity contribution in [2.24, 2.45) is 0 Å². The molecule has 0 saturated heterocycles. The van der Waals surface area contributed by atoms with Crippen LogP contribution in [0.4, 0.5) is 5.95 Å². The van der Waals surface area contributed by atoms with Gasteiger partial charge in [-0.3, -0.25) is 9.36 Å².